The van der Waals surface area contributed by atoms with Gasteiger partial charge in [-0.05, 0) is 30.0 Å². The molecule has 1 atom stereocenters. The van der Waals surface area contributed by atoms with E-state index in [2.05, 4.69) is 16.4 Å². The second kappa shape index (κ2) is 6.80. The molecule has 2 aliphatic rings. The highest BCUT2D eigenvalue weighted by Crippen LogP contribution is 2.34. The Morgan fingerprint density at radius 1 is 1.17 bits per heavy atom. The van der Waals surface area contributed by atoms with Gasteiger partial charge in [-0.2, -0.15) is 0 Å². The molecule has 148 valence electrons. The summed E-state index contributed by atoms with van der Waals surface area (Å²) >= 11 is 0. The second-order valence-corrected chi connectivity index (χ2v) is 7.25. The molecule has 3 aromatic rings. The zero-order chi connectivity index (χ0) is 20.0. The van der Waals surface area contributed by atoms with Crippen LogP contribution in [0, 0.1) is 0 Å². The lowest BCUT2D eigenvalue weighted by molar-refractivity contribution is -0.122. The van der Waals surface area contributed by atoms with E-state index >= 15 is 0 Å². The predicted molar refractivity (Wildman–Crippen MR) is 105 cm³/mol. The minimum atomic E-state index is -0.555. The third kappa shape index (κ3) is 3.06. The number of carbonyl (C=O) groups excluding carboxylic acids is 1. The van der Waals surface area contributed by atoms with Crippen LogP contribution in [0.3, 0.4) is 0 Å². The zero-order valence-corrected chi connectivity index (χ0v) is 15.6. The van der Waals surface area contributed by atoms with Crippen LogP contribution in [-0.4, -0.2) is 22.3 Å². The first kappa shape index (κ1) is 17.5. The molecule has 0 radical (unpaired) electrons. The van der Waals surface area contributed by atoms with E-state index in [1.807, 2.05) is 18.2 Å². The Bertz CT molecular complexity index is 1240. The average Bonchev–Trinajstić information content (AvgIpc) is 3.33. The van der Waals surface area contributed by atoms with Gasteiger partial charge in [-0.25, -0.2) is 4.79 Å². The van der Waals surface area contributed by atoms with E-state index in [0.29, 0.717) is 22.4 Å². The Hall–Kier alpha value is -3.55. The number of rotatable bonds is 4. The van der Waals surface area contributed by atoms with Gasteiger partial charge in [0.2, 0.25) is 12.7 Å². The number of nitrogens with one attached hydrogen (secondary N) is 2. The number of aromatic nitrogens is 2. The molecule has 1 aliphatic carbocycles. The lowest BCUT2D eigenvalue weighted by atomic mass is 10.1. The summed E-state index contributed by atoms with van der Waals surface area (Å²) < 4.78 is 11.6. The first-order valence-corrected chi connectivity index (χ1v) is 9.54. The first-order valence-electron chi connectivity index (χ1n) is 9.54. The molecule has 1 aliphatic heterocycles. The normalized spacial score (nSPS) is 16.8. The number of benzene rings is 2. The van der Waals surface area contributed by atoms with Crippen LogP contribution >= 0.6 is 0 Å². The third-order valence-corrected chi connectivity index (χ3v) is 5.51. The molecule has 2 N–H and O–H groups in total. The van der Waals surface area contributed by atoms with Crippen LogP contribution in [0.5, 0.6) is 11.5 Å². The van der Waals surface area contributed by atoms with Gasteiger partial charge in [0.1, 0.15) is 0 Å². The highest BCUT2D eigenvalue weighted by atomic mass is 16.7. The summed E-state index contributed by atoms with van der Waals surface area (Å²) in [5, 5.41) is 3.33. The van der Waals surface area contributed by atoms with Crippen molar-refractivity contribution < 1.29 is 14.3 Å². The Labute approximate surface area is 165 Å². The summed E-state index contributed by atoms with van der Waals surface area (Å²) in [4.78, 5) is 40.3. The van der Waals surface area contributed by atoms with Gasteiger partial charge >= 0.3 is 5.69 Å². The average molecular weight is 393 g/mol. The standard InChI is InChI=1S/C21H19N3O5/c25-19(22-15-6-5-12-3-1-2-4-13(12)15)7-8-24-20(26)14-9-17-18(29-11-28-17)10-16(14)23-21(24)27/h1-4,9-10,15H,5-8,11H2,(H,22,25)(H,23,27)/t15-/m0/s1. The van der Waals surface area contributed by atoms with Crippen molar-refractivity contribution in [3.63, 3.8) is 0 Å². The van der Waals surface area contributed by atoms with Crippen molar-refractivity contribution >= 4 is 16.8 Å². The Morgan fingerprint density at radius 2 is 1.97 bits per heavy atom. The number of ether oxygens (including phenoxy) is 2. The van der Waals surface area contributed by atoms with Gasteiger partial charge in [-0.1, -0.05) is 24.3 Å². The largest absolute Gasteiger partial charge is 0.454 e. The van der Waals surface area contributed by atoms with Crippen molar-refractivity contribution in [1.29, 1.82) is 0 Å². The summed E-state index contributed by atoms with van der Waals surface area (Å²) in [7, 11) is 0. The Kier molecular flexibility index (Phi) is 4.12. The highest BCUT2D eigenvalue weighted by Gasteiger charge is 2.23. The SMILES string of the molecule is O=C(CCn1c(=O)[nH]c2cc3c(cc2c1=O)OCO3)N[C@H]1CCc2ccccc21. The fourth-order valence-electron chi connectivity index (χ4n) is 4.03. The molecule has 1 aromatic heterocycles. The molecule has 0 saturated carbocycles. The van der Waals surface area contributed by atoms with Gasteiger partial charge in [-0.15, -0.1) is 0 Å². The molecule has 0 spiro atoms. The van der Waals surface area contributed by atoms with Gasteiger partial charge in [0.05, 0.1) is 16.9 Å². The number of amides is 1. The van der Waals surface area contributed by atoms with Crippen molar-refractivity contribution in [2.75, 3.05) is 6.79 Å². The molecule has 1 amide bonds. The molecule has 2 aromatic carbocycles. The molecule has 29 heavy (non-hydrogen) atoms. The van der Waals surface area contributed by atoms with Crippen LogP contribution in [-0.2, 0) is 17.8 Å². The van der Waals surface area contributed by atoms with Gasteiger partial charge < -0.3 is 19.8 Å². The second-order valence-electron chi connectivity index (χ2n) is 7.25. The quantitative estimate of drug-likeness (QED) is 0.701. The molecule has 5 rings (SSSR count). The van der Waals surface area contributed by atoms with E-state index in [0.717, 1.165) is 23.0 Å². The maximum atomic E-state index is 12.8. The molecule has 0 unspecified atom stereocenters. The van der Waals surface area contributed by atoms with Gasteiger partial charge in [0.15, 0.2) is 11.5 Å². The number of aromatic amines is 1. The molecular formula is C21H19N3O5. The fraction of sp³-hybridized carbons (Fsp3) is 0.286. The number of fused-ring (bicyclic) bond motifs is 3. The lowest BCUT2D eigenvalue weighted by Crippen LogP contribution is -2.37. The van der Waals surface area contributed by atoms with Crippen molar-refractivity contribution in [2.45, 2.75) is 31.8 Å². The van der Waals surface area contributed by atoms with Gasteiger partial charge in [0, 0.05) is 19.0 Å². The summed E-state index contributed by atoms with van der Waals surface area (Å²) in [5.74, 6) is 0.760. The topological polar surface area (TPSA) is 102 Å². The number of aryl methyl sites for hydroxylation is 1. The van der Waals surface area contributed by atoms with Crippen LogP contribution in [0.1, 0.15) is 30.0 Å². The molecular weight excluding hydrogens is 374 g/mol. The number of carbonyl (C=O) groups is 1. The van der Waals surface area contributed by atoms with Crippen LogP contribution < -0.4 is 26.0 Å². The van der Waals surface area contributed by atoms with Crippen LogP contribution in [0.4, 0.5) is 0 Å². The smallest absolute Gasteiger partial charge is 0.328 e. The molecule has 2 heterocycles. The minimum Gasteiger partial charge on any atom is -0.454 e. The predicted octanol–water partition coefficient (Wildman–Crippen LogP) is 1.61. The van der Waals surface area contributed by atoms with E-state index in [9.17, 15) is 14.4 Å². The lowest BCUT2D eigenvalue weighted by Gasteiger charge is -2.14. The molecule has 0 bridgehead atoms. The van der Waals surface area contributed by atoms with Crippen molar-refractivity contribution in [3.05, 3.63) is 68.4 Å². The zero-order valence-electron chi connectivity index (χ0n) is 15.6. The summed E-state index contributed by atoms with van der Waals surface area (Å²) in [6, 6.07) is 11.2. The van der Waals surface area contributed by atoms with Gasteiger partial charge in [0.25, 0.3) is 5.56 Å². The Morgan fingerprint density at radius 3 is 2.83 bits per heavy atom. The van der Waals surface area contributed by atoms with E-state index in [1.165, 1.54) is 5.56 Å². The molecule has 8 heteroatoms. The highest BCUT2D eigenvalue weighted by molar-refractivity contribution is 5.82. The summed E-state index contributed by atoms with van der Waals surface area (Å²) in [6.07, 6.45) is 1.83. The molecule has 8 nitrogen and oxygen atoms in total. The fourth-order valence-corrected chi connectivity index (χ4v) is 4.03. The van der Waals surface area contributed by atoms with Crippen molar-refractivity contribution in [1.82, 2.24) is 14.9 Å². The summed E-state index contributed by atoms with van der Waals surface area (Å²) in [5.41, 5.74) is 1.75. The van der Waals surface area contributed by atoms with Crippen molar-refractivity contribution in [3.8, 4) is 11.5 Å². The number of nitrogens with zero attached hydrogens (tertiary/aromatic N) is 1. The summed E-state index contributed by atoms with van der Waals surface area (Å²) in [6.45, 7) is 0.0767. The Balaban J connectivity index is 1.34. The number of H-pyrrole nitrogens is 1. The maximum Gasteiger partial charge on any atom is 0.328 e. The van der Waals surface area contributed by atoms with Crippen LogP contribution in [0.2, 0.25) is 0 Å². The van der Waals surface area contributed by atoms with E-state index in [-0.39, 0.29) is 31.7 Å². The van der Waals surface area contributed by atoms with E-state index in [1.54, 1.807) is 12.1 Å². The number of hydrogen-bond acceptors (Lipinski definition) is 5. The third-order valence-electron chi connectivity index (χ3n) is 5.51. The molecule has 0 fully saturated rings. The monoisotopic (exact) mass is 393 g/mol. The maximum absolute atomic E-state index is 12.8. The number of hydrogen-bond donors (Lipinski definition) is 2. The van der Waals surface area contributed by atoms with Crippen molar-refractivity contribution in [2.24, 2.45) is 0 Å². The van der Waals surface area contributed by atoms with E-state index < -0.39 is 11.2 Å². The first-order chi connectivity index (χ1) is 14.1. The molecule has 0 saturated heterocycles. The van der Waals surface area contributed by atoms with Crippen LogP contribution in [0.15, 0.2) is 46.0 Å². The van der Waals surface area contributed by atoms with Crippen LogP contribution in [0.25, 0.3) is 10.9 Å². The van der Waals surface area contributed by atoms with E-state index in [4.69, 9.17) is 9.47 Å². The minimum absolute atomic E-state index is 0.00124. The van der Waals surface area contributed by atoms with Gasteiger partial charge in [-0.3, -0.25) is 14.2 Å².